The number of rotatable bonds is 5. The standard InChI is InChI=1S/C12H19FN2O2.C3H8O2.C2H6/c1-3-12(13)6-4-10(8-12)15(2)7-5-11(17)14-9-16;1-3(2,4)5;1-2/h5,7,9-10H,3-4,6,8H2,1-2H3,(H,14,16,17);4-5H,1-2H3;1-2H3/b7-5-;;. The molecule has 1 saturated carbocycles. The molecule has 1 aliphatic rings. The summed E-state index contributed by atoms with van der Waals surface area (Å²) in [5.41, 5.74) is -1.06. The van der Waals surface area contributed by atoms with Crippen LogP contribution in [0.15, 0.2) is 12.3 Å². The number of alkyl halides is 1. The summed E-state index contributed by atoms with van der Waals surface area (Å²) in [5.74, 6) is -1.97. The Morgan fingerprint density at radius 2 is 1.92 bits per heavy atom. The predicted molar refractivity (Wildman–Crippen MR) is 92.7 cm³/mol. The summed E-state index contributed by atoms with van der Waals surface area (Å²) in [4.78, 5) is 22.9. The van der Waals surface area contributed by atoms with Crippen LogP contribution in [-0.2, 0) is 9.59 Å². The number of hydrogen-bond donors (Lipinski definition) is 3. The molecule has 6 nitrogen and oxygen atoms in total. The third-order valence-electron chi connectivity index (χ3n) is 3.40. The highest BCUT2D eigenvalue weighted by molar-refractivity contribution is 5.94. The Bertz CT molecular complexity index is 391. The summed E-state index contributed by atoms with van der Waals surface area (Å²) in [5, 5.41) is 18.2. The first kappa shape index (κ1) is 24.8. The smallest absolute Gasteiger partial charge is 0.251 e. The van der Waals surface area contributed by atoms with E-state index in [0.717, 1.165) is 6.42 Å². The molecule has 0 heterocycles. The fourth-order valence-electron chi connectivity index (χ4n) is 2.13. The summed E-state index contributed by atoms with van der Waals surface area (Å²) in [6, 6.07) is 0.125. The summed E-state index contributed by atoms with van der Waals surface area (Å²) < 4.78 is 14.0. The van der Waals surface area contributed by atoms with E-state index < -0.39 is 17.4 Å². The van der Waals surface area contributed by atoms with Gasteiger partial charge in [0.15, 0.2) is 5.79 Å². The Hall–Kier alpha value is -1.47. The molecule has 0 saturated heterocycles. The molecule has 0 bridgehead atoms. The maximum atomic E-state index is 14.0. The zero-order valence-electron chi connectivity index (χ0n) is 15.7. The molecule has 142 valence electrons. The lowest BCUT2D eigenvalue weighted by Gasteiger charge is -2.24. The summed E-state index contributed by atoms with van der Waals surface area (Å²) >= 11 is 0. The van der Waals surface area contributed by atoms with Gasteiger partial charge in [-0.15, -0.1) is 0 Å². The van der Waals surface area contributed by atoms with Crippen molar-refractivity contribution in [1.82, 2.24) is 10.2 Å². The van der Waals surface area contributed by atoms with Crippen molar-refractivity contribution in [3.05, 3.63) is 12.3 Å². The fourth-order valence-corrected chi connectivity index (χ4v) is 2.13. The molecule has 0 spiro atoms. The van der Waals surface area contributed by atoms with E-state index in [1.54, 1.807) is 6.20 Å². The Balaban J connectivity index is 0. The normalized spacial score (nSPS) is 22.8. The van der Waals surface area contributed by atoms with Gasteiger partial charge in [-0.1, -0.05) is 20.8 Å². The van der Waals surface area contributed by atoms with E-state index in [4.69, 9.17) is 10.2 Å². The fraction of sp³-hybridized carbons (Fsp3) is 0.765. The minimum atomic E-state index is -1.50. The monoisotopic (exact) mass is 348 g/mol. The first-order valence-corrected chi connectivity index (χ1v) is 8.28. The van der Waals surface area contributed by atoms with Gasteiger partial charge in [-0.2, -0.15) is 0 Å². The van der Waals surface area contributed by atoms with Crippen LogP contribution in [0, 0.1) is 0 Å². The van der Waals surface area contributed by atoms with Gasteiger partial charge >= 0.3 is 0 Å². The van der Waals surface area contributed by atoms with Crippen LogP contribution in [0.25, 0.3) is 0 Å². The van der Waals surface area contributed by atoms with Gasteiger partial charge in [0, 0.05) is 31.8 Å². The molecular weight excluding hydrogens is 315 g/mol. The number of aliphatic hydroxyl groups is 2. The van der Waals surface area contributed by atoms with Crippen LogP contribution in [0.5, 0.6) is 0 Å². The number of imide groups is 1. The Kier molecular flexibility index (Phi) is 12.4. The van der Waals surface area contributed by atoms with E-state index in [1.807, 2.05) is 38.0 Å². The van der Waals surface area contributed by atoms with Crippen molar-refractivity contribution in [3.8, 4) is 0 Å². The molecule has 2 amide bonds. The first-order chi connectivity index (χ1) is 11.0. The third-order valence-corrected chi connectivity index (χ3v) is 3.40. The van der Waals surface area contributed by atoms with Gasteiger partial charge in [0.25, 0.3) is 5.91 Å². The van der Waals surface area contributed by atoms with Crippen molar-refractivity contribution in [2.45, 2.75) is 77.8 Å². The molecular formula is C17H33FN2O4. The highest BCUT2D eigenvalue weighted by Gasteiger charge is 2.38. The summed E-state index contributed by atoms with van der Waals surface area (Å²) in [7, 11) is 1.82. The molecule has 1 aliphatic carbocycles. The van der Waals surface area contributed by atoms with Crippen molar-refractivity contribution in [1.29, 1.82) is 0 Å². The van der Waals surface area contributed by atoms with Crippen molar-refractivity contribution in [2.75, 3.05) is 7.05 Å². The maximum absolute atomic E-state index is 14.0. The molecule has 1 fully saturated rings. The van der Waals surface area contributed by atoms with Gasteiger partial charge < -0.3 is 15.1 Å². The lowest BCUT2D eigenvalue weighted by atomic mass is 10.0. The van der Waals surface area contributed by atoms with Crippen LogP contribution in [-0.4, -0.2) is 52.0 Å². The van der Waals surface area contributed by atoms with E-state index in [-0.39, 0.29) is 6.04 Å². The SMILES string of the molecule is CC.CC(C)(O)O.CCC1(F)CCC(N(C)/C=C\C(=O)NC=O)C1. The number of hydrogen-bond acceptors (Lipinski definition) is 5. The average molecular weight is 348 g/mol. The Morgan fingerprint density at radius 3 is 2.29 bits per heavy atom. The highest BCUT2D eigenvalue weighted by atomic mass is 19.1. The predicted octanol–water partition coefficient (Wildman–Crippen LogP) is 2.11. The number of amides is 2. The molecule has 2 unspecified atom stereocenters. The second-order valence-corrected chi connectivity index (χ2v) is 6.00. The molecule has 7 heteroatoms. The topological polar surface area (TPSA) is 89.9 Å². The zero-order valence-corrected chi connectivity index (χ0v) is 15.7. The quantitative estimate of drug-likeness (QED) is 0.402. The van der Waals surface area contributed by atoms with Crippen LogP contribution in [0.2, 0.25) is 0 Å². The van der Waals surface area contributed by atoms with E-state index in [9.17, 15) is 14.0 Å². The number of nitrogens with zero attached hydrogens (tertiary/aromatic N) is 1. The Labute approximate surface area is 144 Å². The molecule has 0 aromatic carbocycles. The molecule has 0 aromatic heterocycles. The third kappa shape index (κ3) is 13.0. The van der Waals surface area contributed by atoms with Crippen LogP contribution in [0.1, 0.15) is 60.3 Å². The van der Waals surface area contributed by atoms with Crippen LogP contribution >= 0.6 is 0 Å². The second-order valence-electron chi connectivity index (χ2n) is 6.00. The van der Waals surface area contributed by atoms with Crippen molar-refractivity contribution in [3.63, 3.8) is 0 Å². The molecule has 0 radical (unpaired) electrons. The number of nitrogens with one attached hydrogen (secondary N) is 1. The summed E-state index contributed by atoms with van der Waals surface area (Å²) in [6.07, 6.45) is 5.61. The molecule has 1 rings (SSSR count). The van der Waals surface area contributed by atoms with E-state index in [2.05, 4.69) is 0 Å². The van der Waals surface area contributed by atoms with E-state index in [1.165, 1.54) is 19.9 Å². The van der Waals surface area contributed by atoms with Crippen LogP contribution < -0.4 is 5.32 Å². The van der Waals surface area contributed by atoms with Crippen molar-refractivity contribution < 1.29 is 24.2 Å². The van der Waals surface area contributed by atoms with E-state index in [0.29, 0.717) is 25.7 Å². The average Bonchev–Trinajstić information content (AvgIpc) is 2.89. The lowest BCUT2D eigenvalue weighted by molar-refractivity contribution is -0.127. The molecule has 0 aliphatic heterocycles. The summed E-state index contributed by atoms with van der Waals surface area (Å²) in [6.45, 7) is 8.45. The number of halogens is 1. The Morgan fingerprint density at radius 1 is 1.42 bits per heavy atom. The van der Waals surface area contributed by atoms with E-state index >= 15 is 0 Å². The molecule has 0 aromatic rings. The molecule has 2 atom stereocenters. The lowest BCUT2D eigenvalue weighted by Crippen LogP contribution is -2.28. The highest BCUT2D eigenvalue weighted by Crippen LogP contribution is 2.38. The van der Waals surface area contributed by atoms with Crippen LogP contribution in [0.4, 0.5) is 4.39 Å². The largest absolute Gasteiger partial charge is 0.377 e. The van der Waals surface area contributed by atoms with Crippen molar-refractivity contribution in [2.24, 2.45) is 0 Å². The van der Waals surface area contributed by atoms with Gasteiger partial charge in [0.2, 0.25) is 6.41 Å². The molecule has 24 heavy (non-hydrogen) atoms. The molecule has 3 N–H and O–H groups in total. The van der Waals surface area contributed by atoms with Gasteiger partial charge in [0.05, 0.1) is 0 Å². The van der Waals surface area contributed by atoms with Gasteiger partial charge in [-0.25, -0.2) is 4.39 Å². The second kappa shape index (κ2) is 12.0. The minimum absolute atomic E-state index is 0.125. The zero-order chi connectivity index (χ0) is 19.4. The van der Waals surface area contributed by atoms with Gasteiger partial charge in [-0.3, -0.25) is 14.9 Å². The first-order valence-electron chi connectivity index (χ1n) is 8.28. The van der Waals surface area contributed by atoms with Gasteiger partial charge in [0.1, 0.15) is 5.67 Å². The minimum Gasteiger partial charge on any atom is -0.377 e. The number of carbonyl (C=O) groups is 2. The maximum Gasteiger partial charge on any atom is 0.251 e. The van der Waals surface area contributed by atoms with Crippen LogP contribution in [0.3, 0.4) is 0 Å². The number of carbonyl (C=O) groups excluding carboxylic acids is 2. The van der Waals surface area contributed by atoms with Crippen molar-refractivity contribution >= 4 is 12.3 Å². The van der Waals surface area contributed by atoms with Gasteiger partial charge in [-0.05, 0) is 33.1 Å².